The number of ether oxygens (including phenoxy) is 1. The number of rotatable bonds is 10. The third-order valence-corrected chi connectivity index (χ3v) is 6.40. The lowest BCUT2D eigenvalue weighted by molar-refractivity contribution is -0.122. The Hall–Kier alpha value is -1.48. The fourth-order valence-electron chi connectivity index (χ4n) is 3.28. The molecule has 1 aromatic carbocycles. The fraction of sp³-hybridized carbons (Fsp3) is 0.632. The number of benzene rings is 1. The predicted octanol–water partition coefficient (Wildman–Crippen LogP) is 1.25. The molecule has 0 bridgehead atoms. The molecular formula is C19H31N3O4S. The van der Waals surface area contributed by atoms with Crippen LogP contribution in [0.2, 0.25) is 0 Å². The van der Waals surface area contributed by atoms with Crippen LogP contribution in [-0.2, 0) is 26.1 Å². The molecule has 8 heteroatoms. The highest BCUT2D eigenvalue weighted by atomic mass is 32.2. The van der Waals surface area contributed by atoms with Gasteiger partial charge >= 0.3 is 0 Å². The van der Waals surface area contributed by atoms with Gasteiger partial charge in [-0.2, -0.15) is 0 Å². The minimum atomic E-state index is -3.58. The van der Waals surface area contributed by atoms with Gasteiger partial charge in [-0.15, -0.1) is 0 Å². The van der Waals surface area contributed by atoms with Gasteiger partial charge in [0.15, 0.2) is 0 Å². The molecule has 0 radical (unpaired) electrons. The van der Waals surface area contributed by atoms with Gasteiger partial charge in [-0.05, 0) is 55.5 Å². The van der Waals surface area contributed by atoms with E-state index in [4.69, 9.17) is 4.74 Å². The first kappa shape index (κ1) is 21.8. The number of hydrogen-bond donors (Lipinski definition) is 3. The number of piperidine rings is 1. The first-order chi connectivity index (χ1) is 12.9. The number of sulfonamides is 1. The second kappa shape index (κ2) is 10.8. The number of carbonyl (C=O) groups excluding carboxylic acids is 1. The van der Waals surface area contributed by atoms with Crippen LogP contribution in [0.5, 0.6) is 0 Å². The Morgan fingerprint density at radius 3 is 2.93 bits per heavy atom. The average Bonchev–Trinajstić information content (AvgIpc) is 2.67. The van der Waals surface area contributed by atoms with E-state index in [9.17, 15) is 13.2 Å². The molecule has 1 heterocycles. The highest BCUT2D eigenvalue weighted by molar-refractivity contribution is 7.89. The summed E-state index contributed by atoms with van der Waals surface area (Å²) < 4.78 is 31.9. The summed E-state index contributed by atoms with van der Waals surface area (Å²) in [5, 5.41) is 6.29. The van der Waals surface area contributed by atoms with Crippen LogP contribution >= 0.6 is 0 Å². The predicted molar refractivity (Wildman–Crippen MR) is 105 cm³/mol. The number of methoxy groups -OCH3 is 1. The maximum Gasteiger partial charge on any atom is 0.240 e. The molecule has 0 aromatic heterocycles. The van der Waals surface area contributed by atoms with Crippen LogP contribution in [0.3, 0.4) is 0 Å². The average molecular weight is 398 g/mol. The molecule has 0 aliphatic carbocycles. The quantitative estimate of drug-likeness (QED) is 0.517. The number of nitrogens with one attached hydrogen (secondary N) is 3. The number of carbonyl (C=O) groups is 1. The zero-order valence-electron chi connectivity index (χ0n) is 16.2. The summed E-state index contributed by atoms with van der Waals surface area (Å²) in [7, 11) is -2.06. The molecule has 1 fully saturated rings. The van der Waals surface area contributed by atoms with Crippen LogP contribution in [0, 0.1) is 11.8 Å². The molecule has 1 aliphatic rings. The molecule has 1 aliphatic heterocycles. The Bertz CT molecular complexity index is 703. The molecule has 7 nitrogen and oxygen atoms in total. The Morgan fingerprint density at radius 2 is 2.22 bits per heavy atom. The van der Waals surface area contributed by atoms with Gasteiger partial charge in [0.25, 0.3) is 0 Å². The van der Waals surface area contributed by atoms with Gasteiger partial charge in [-0.25, -0.2) is 13.1 Å². The highest BCUT2D eigenvalue weighted by Crippen LogP contribution is 2.22. The first-order valence-electron chi connectivity index (χ1n) is 9.47. The standard InChI is InChI=1S/C19H31N3O4S/c1-15(17-6-4-8-20-14-17)11-19(23)21-13-16-5-3-7-18(12-16)27(24,25)22-9-10-26-2/h3,5,7,12,15,17,20,22H,4,6,8-11,13-14H2,1-2H3,(H,21,23). The van der Waals surface area contributed by atoms with Gasteiger partial charge in [0, 0.05) is 26.6 Å². The van der Waals surface area contributed by atoms with Crippen LogP contribution in [0.25, 0.3) is 0 Å². The molecule has 2 unspecified atom stereocenters. The molecule has 27 heavy (non-hydrogen) atoms. The van der Waals surface area contributed by atoms with E-state index in [-0.39, 0.29) is 17.3 Å². The van der Waals surface area contributed by atoms with Crippen LogP contribution in [0.4, 0.5) is 0 Å². The topological polar surface area (TPSA) is 96.5 Å². The van der Waals surface area contributed by atoms with E-state index in [2.05, 4.69) is 22.3 Å². The van der Waals surface area contributed by atoms with Crippen molar-refractivity contribution in [1.29, 1.82) is 0 Å². The van der Waals surface area contributed by atoms with Gasteiger partial charge in [-0.1, -0.05) is 19.1 Å². The van der Waals surface area contributed by atoms with Crippen LogP contribution in [0.1, 0.15) is 31.7 Å². The maximum absolute atomic E-state index is 12.3. The zero-order chi connectivity index (χ0) is 19.7. The normalized spacial score (nSPS) is 18.8. The first-order valence-corrected chi connectivity index (χ1v) is 11.0. The summed E-state index contributed by atoms with van der Waals surface area (Å²) in [6.45, 7) is 5.00. The van der Waals surface area contributed by atoms with Gasteiger partial charge in [-0.3, -0.25) is 4.79 Å². The van der Waals surface area contributed by atoms with Crippen LogP contribution < -0.4 is 15.4 Å². The van der Waals surface area contributed by atoms with Crippen molar-refractivity contribution in [3.63, 3.8) is 0 Å². The lowest BCUT2D eigenvalue weighted by Crippen LogP contribution is -2.35. The van der Waals surface area contributed by atoms with Crippen molar-refractivity contribution in [3.05, 3.63) is 29.8 Å². The summed E-state index contributed by atoms with van der Waals surface area (Å²) in [4.78, 5) is 12.4. The Kier molecular flexibility index (Phi) is 8.69. The van der Waals surface area contributed by atoms with E-state index >= 15 is 0 Å². The van der Waals surface area contributed by atoms with Crippen molar-refractivity contribution in [2.45, 2.75) is 37.6 Å². The van der Waals surface area contributed by atoms with Crippen molar-refractivity contribution < 1.29 is 17.9 Å². The molecule has 2 rings (SSSR count). The van der Waals surface area contributed by atoms with E-state index < -0.39 is 10.0 Å². The summed E-state index contributed by atoms with van der Waals surface area (Å²) >= 11 is 0. The van der Waals surface area contributed by atoms with E-state index in [1.54, 1.807) is 18.2 Å². The molecule has 3 N–H and O–H groups in total. The van der Waals surface area contributed by atoms with E-state index in [1.165, 1.54) is 7.11 Å². The lowest BCUT2D eigenvalue weighted by Gasteiger charge is -2.28. The molecule has 0 spiro atoms. The second-order valence-corrected chi connectivity index (χ2v) is 8.87. The van der Waals surface area contributed by atoms with Crippen molar-refractivity contribution in [2.75, 3.05) is 33.4 Å². The largest absolute Gasteiger partial charge is 0.383 e. The van der Waals surface area contributed by atoms with Crippen molar-refractivity contribution in [1.82, 2.24) is 15.4 Å². The van der Waals surface area contributed by atoms with E-state index in [0.717, 1.165) is 31.5 Å². The summed E-state index contributed by atoms with van der Waals surface area (Å²) in [5.41, 5.74) is 0.755. The number of hydrogen-bond acceptors (Lipinski definition) is 5. The number of amides is 1. The fourth-order valence-corrected chi connectivity index (χ4v) is 4.36. The monoisotopic (exact) mass is 397 g/mol. The molecule has 152 valence electrons. The lowest BCUT2D eigenvalue weighted by atomic mass is 9.85. The third-order valence-electron chi connectivity index (χ3n) is 4.94. The van der Waals surface area contributed by atoms with Crippen LogP contribution in [-0.4, -0.2) is 47.7 Å². The van der Waals surface area contributed by atoms with E-state index in [0.29, 0.717) is 31.4 Å². The van der Waals surface area contributed by atoms with Crippen molar-refractivity contribution in [2.24, 2.45) is 11.8 Å². The van der Waals surface area contributed by atoms with E-state index in [1.807, 2.05) is 6.07 Å². The molecule has 2 atom stereocenters. The minimum absolute atomic E-state index is 0.000414. The molecule has 1 amide bonds. The van der Waals surface area contributed by atoms with Crippen LogP contribution in [0.15, 0.2) is 29.2 Å². The molecular weight excluding hydrogens is 366 g/mol. The van der Waals surface area contributed by atoms with Gasteiger partial charge < -0.3 is 15.4 Å². The van der Waals surface area contributed by atoms with Gasteiger partial charge in [0.1, 0.15) is 0 Å². The smallest absolute Gasteiger partial charge is 0.240 e. The van der Waals surface area contributed by atoms with Crippen molar-refractivity contribution in [3.8, 4) is 0 Å². The van der Waals surface area contributed by atoms with Gasteiger partial charge in [0.05, 0.1) is 11.5 Å². The second-order valence-electron chi connectivity index (χ2n) is 7.10. The Labute approximate surface area is 162 Å². The Balaban J connectivity index is 1.85. The third kappa shape index (κ3) is 7.21. The maximum atomic E-state index is 12.3. The minimum Gasteiger partial charge on any atom is -0.383 e. The summed E-state index contributed by atoms with van der Waals surface area (Å²) in [6.07, 6.45) is 2.82. The highest BCUT2D eigenvalue weighted by Gasteiger charge is 2.22. The zero-order valence-corrected chi connectivity index (χ0v) is 17.0. The summed E-state index contributed by atoms with van der Waals surface area (Å²) in [5.74, 6) is 0.866. The Morgan fingerprint density at radius 1 is 1.41 bits per heavy atom. The van der Waals surface area contributed by atoms with Gasteiger partial charge in [0.2, 0.25) is 15.9 Å². The molecule has 0 saturated carbocycles. The SMILES string of the molecule is COCCNS(=O)(=O)c1cccc(CNC(=O)CC(C)C2CCCNC2)c1. The molecule has 1 aromatic rings. The summed E-state index contributed by atoms with van der Waals surface area (Å²) in [6, 6.07) is 6.62. The van der Waals surface area contributed by atoms with Crippen molar-refractivity contribution >= 4 is 15.9 Å². The molecule has 1 saturated heterocycles.